The lowest BCUT2D eigenvalue weighted by Gasteiger charge is -2.38. The van der Waals surface area contributed by atoms with Crippen LogP contribution >= 0.6 is 0 Å². The highest BCUT2D eigenvalue weighted by Gasteiger charge is 2.50. The quantitative estimate of drug-likeness (QED) is 0.286. The highest BCUT2D eigenvalue weighted by atomic mass is 32.2. The van der Waals surface area contributed by atoms with Crippen molar-refractivity contribution in [1.29, 1.82) is 0 Å². The molecule has 0 amide bonds. The van der Waals surface area contributed by atoms with Crippen LogP contribution in [0.3, 0.4) is 0 Å². The number of aromatic hydroxyl groups is 1. The summed E-state index contributed by atoms with van der Waals surface area (Å²) in [5.74, 6) is -1.52. The summed E-state index contributed by atoms with van der Waals surface area (Å²) in [6.45, 7) is 2.49. The van der Waals surface area contributed by atoms with Crippen molar-refractivity contribution in [2.75, 3.05) is 43.9 Å². The Labute approximate surface area is 265 Å². The Morgan fingerprint density at radius 2 is 1.83 bits per heavy atom. The topological polar surface area (TPSA) is 95.9 Å². The van der Waals surface area contributed by atoms with Gasteiger partial charge in [0.15, 0.2) is 21.5 Å². The van der Waals surface area contributed by atoms with E-state index in [-0.39, 0.29) is 40.8 Å². The van der Waals surface area contributed by atoms with Gasteiger partial charge in [-0.15, -0.1) is 0 Å². The minimum atomic E-state index is -3.21. The summed E-state index contributed by atoms with van der Waals surface area (Å²) in [5.41, 5.74) is 0.915. The molecule has 3 aliphatic heterocycles. The summed E-state index contributed by atoms with van der Waals surface area (Å²) >= 11 is 0. The lowest BCUT2D eigenvalue weighted by Crippen LogP contribution is -2.48. The van der Waals surface area contributed by atoms with Crippen LogP contribution in [0.15, 0.2) is 42.5 Å². The number of halogens is 3. The van der Waals surface area contributed by atoms with Crippen molar-refractivity contribution < 1.29 is 31.4 Å². The second-order valence-corrected chi connectivity index (χ2v) is 15.9. The molecule has 4 heterocycles. The first-order valence-corrected chi connectivity index (χ1v) is 17.8. The second kappa shape index (κ2) is 10.7. The summed E-state index contributed by atoms with van der Waals surface area (Å²) in [7, 11) is -3.21. The van der Waals surface area contributed by atoms with Crippen molar-refractivity contribution in [2.45, 2.75) is 49.1 Å². The fourth-order valence-electron chi connectivity index (χ4n) is 8.87. The first-order chi connectivity index (χ1) is 22.0. The van der Waals surface area contributed by atoms with Gasteiger partial charge in [0.1, 0.15) is 24.3 Å². The molecule has 1 aliphatic carbocycles. The van der Waals surface area contributed by atoms with E-state index in [4.69, 9.17) is 14.7 Å². The molecule has 4 fully saturated rings. The van der Waals surface area contributed by atoms with Crippen LogP contribution in [0.4, 0.5) is 19.0 Å². The van der Waals surface area contributed by atoms with Gasteiger partial charge in [0.25, 0.3) is 0 Å². The first-order valence-electron chi connectivity index (χ1n) is 15.9. The molecule has 3 saturated heterocycles. The molecule has 2 unspecified atom stereocenters. The molecular weight excluding hydrogens is 617 g/mol. The highest BCUT2D eigenvalue weighted by molar-refractivity contribution is 7.91. The van der Waals surface area contributed by atoms with Crippen LogP contribution in [0.2, 0.25) is 0 Å². The number of rotatable bonds is 6. The summed E-state index contributed by atoms with van der Waals surface area (Å²) in [4.78, 5) is 13.9. The van der Waals surface area contributed by atoms with Crippen LogP contribution < -0.4 is 9.64 Å². The average molecular weight is 653 g/mol. The number of anilines is 1. The van der Waals surface area contributed by atoms with Crippen LogP contribution in [0.25, 0.3) is 32.8 Å². The van der Waals surface area contributed by atoms with Gasteiger partial charge in [-0.25, -0.2) is 21.6 Å². The SMILES string of the molecule is CS(=O)(=O)C1C2CCC1CN(c1nc(OC[C@@]34CCCN3C[C@H](F)C4)nc3cc(-c4cc(O)cc5ccc(F)c(F)c45)ccc13)C2. The van der Waals surface area contributed by atoms with Gasteiger partial charge in [-0.2, -0.15) is 9.97 Å². The minimum absolute atomic E-state index is 0.0233. The molecule has 8 nitrogen and oxygen atoms in total. The number of ether oxygens (including phenoxy) is 1. The molecule has 242 valence electrons. The number of hydrogen-bond acceptors (Lipinski definition) is 8. The van der Waals surface area contributed by atoms with Crippen LogP contribution in [-0.4, -0.2) is 84.4 Å². The second-order valence-electron chi connectivity index (χ2n) is 13.7. The Morgan fingerprint density at radius 3 is 2.59 bits per heavy atom. The molecule has 8 rings (SSSR count). The van der Waals surface area contributed by atoms with E-state index in [1.807, 2.05) is 6.07 Å². The zero-order valence-corrected chi connectivity index (χ0v) is 26.2. The van der Waals surface area contributed by atoms with E-state index in [0.29, 0.717) is 59.3 Å². The Kier molecular flexibility index (Phi) is 6.92. The van der Waals surface area contributed by atoms with E-state index in [9.17, 15) is 22.3 Å². The van der Waals surface area contributed by atoms with Crippen molar-refractivity contribution in [2.24, 2.45) is 11.8 Å². The number of phenolic OH excluding ortho intramolecular Hbond substituents is 1. The predicted octanol–water partition coefficient (Wildman–Crippen LogP) is 5.65. The number of benzene rings is 3. The average Bonchev–Trinajstić information content (AvgIpc) is 3.64. The Hall–Kier alpha value is -3.64. The zero-order chi connectivity index (χ0) is 32.0. The third-order valence-corrected chi connectivity index (χ3v) is 12.5. The lowest BCUT2D eigenvalue weighted by molar-refractivity contribution is 0.107. The number of alkyl halides is 1. The minimum Gasteiger partial charge on any atom is -0.508 e. The third-order valence-electron chi connectivity index (χ3n) is 10.7. The van der Waals surface area contributed by atoms with E-state index >= 15 is 4.39 Å². The summed E-state index contributed by atoms with van der Waals surface area (Å²) in [6, 6.07) is 10.7. The smallest absolute Gasteiger partial charge is 0.319 e. The number of nitrogens with zero attached hydrogens (tertiary/aromatic N) is 4. The molecule has 1 N–H and O–H groups in total. The molecule has 12 heteroatoms. The molecule has 3 aromatic carbocycles. The highest BCUT2D eigenvalue weighted by Crippen LogP contribution is 2.45. The number of piperidine rings is 1. The Balaban J connectivity index is 1.23. The monoisotopic (exact) mass is 652 g/mol. The van der Waals surface area contributed by atoms with Gasteiger partial charge in [-0.3, -0.25) is 4.90 Å². The maximum Gasteiger partial charge on any atom is 0.319 e. The fourth-order valence-corrected chi connectivity index (χ4v) is 10.7. The van der Waals surface area contributed by atoms with Crippen molar-refractivity contribution in [3.8, 4) is 22.9 Å². The number of fused-ring (bicyclic) bond motifs is 5. The van der Waals surface area contributed by atoms with Crippen molar-refractivity contribution in [3.63, 3.8) is 0 Å². The van der Waals surface area contributed by atoms with Gasteiger partial charge in [0, 0.05) is 43.1 Å². The summed E-state index contributed by atoms with van der Waals surface area (Å²) in [5, 5.41) is 11.2. The number of phenols is 1. The molecule has 4 aromatic rings. The zero-order valence-electron chi connectivity index (χ0n) is 25.4. The van der Waals surface area contributed by atoms with Gasteiger partial charge >= 0.3 is 6.01 Å². The lowest BCUT2D eigenvalue weighted by atomic mass is 9.95. The molecule has 46 heavy (non-hydrogen) atoms. The molecule has 0 radical (unpaired) electrons. The van der Waals surface area contributed by atoms with E-state index in [1.165, 1.54) is 24.5 Å². The normalized spacial score (nSPS) is 28.0. The molecular formula is C34H35F3N4O4S. The van der Waals surface area contributed by atoms with Crippen LogP contribution in [0, 0.1) is 23.5 Å². The van der Waals surface area contributed by atoms with Gasteiger partial charge in [0.05, 0.1) is 16.3 Å². The maximum atomic E-state index is 15.2. The number of aromatic nitrogens is 2. The molecule has 1 aromatic heterocycles. The Bertz CT molecular complexity index is 1980. The van der Waals surface area contributed by atoms with Crippen molar-refractivity contribution >= 4 is 37.3 Å². The molecule has 0 spiro atoms. The molecule has 2 bridgehead atoms. The number of hydrogen-bond donors (Lipinski definition) is 1. The van der Waals surface area contributed by atoms with Crippen molar-refractivity contribution in [3.05, 3.63) is 54.1 Å². The third kappa shape index (κ3) is 4.87. The van der Waals surface area contributed by atoms with Crippen LogP contribution in [-0.2, 0) is 9.84 Å². The van der Waals surface area contributed by atoms with Gasteiger partial charge < -0.3 is 14.7 Å². The maximum absolute atomic E-state index is 15.2. The van der Waals surface area contributed by atoms with Gasteiger partial charge in [-0.05, 0) is 90.9 Å². The van der Waals surface area contributed by atoms with E-state index in [2.05, 4.69) is 9.80 Å². The van der Waals surface area contributed by atoms with E-state index < -0.39 is 33.2 Å². The van der Waals surface area contributed by atoms with E-state index in [1.54, 1.807) is 12.1 Å². The van der Waals surface area contributed by atoms with Crippen LogP contribution in [0.1, 0.15) is 32.1 Å². The molecule has 1 saturated carbocycles. The summed E-state index contributed by atoms with van der Waals surface area (Å²) in [6.07, 6.45) is 4.25. The predicted molar refractivity (Wildman–Crippen MR) is 170 cm³/mol. The van der Waals surface area contributed by atoms with E-state index in [0.717, 1.165) is 38.3 Å². The fraction of sp³-hybridized carbons (Fsp3) is 0.471. The molecule has 4 atom stereocenters. The summed E-state index contributed by atoms with van der Waals surface area (Å²) < 4.78 is 75.6. The van der Waals surface area contributed by atoms with Gasteiger partial charge in [-0.1, -0.05) is 12.1 Å². The van der Waals surface area contributed by atoms with Gasteiger partial charge in [0.2, 0.25) is 0 Å². The first kappa shape index (κ1) is 29.7. The largest absolute Gasteiger partial charge is 0.508 e. The van der Waals surface area contributed by atoms with Crippen LogP contribution in [0.5, 0.6) is 11.8 Å². The number of sulfone groups is 1. The Morgan fingerprint density at radius 1 is 1.04 bits per heavy atom. The van der Waals surface area contributed by atoms with Crippen molar-refractivity contribution in [1.82, 2.24) is 14.9 Å². The standard InChI is InChI=1S/C34H35F3N4O4S/c1-46(43,44)31-21-3-4-22(31)16-40(15-21)32-25-7-5-19(26-13-24(42)11-20-6-8-27(36)30(37)29(20)26)12-28(25)38-33(39-32)45-18-34-9-2-10-41(34)17-23(35)14-34/h5-8,11-13,21-23,31,42H,2-4,9-10,14-18H2,1H3/t21?,22?,23-,31?,34+/m1/s1. The molecule has 4 aliphatic rings.